The molecule has 0 aromatic heterocycles. The van der Waals surface area contributed by atoms with Crippen LogP contribution in [0.5, 0.6) is 0 Å². The topological polar surface area (TPSA) is 101 Å². The number of rotatable bonds is 6. The lowest BCUT2D eigenvalue weighted by Crippen LogP contribution is -2.17. The summed E-state index contributed by atoms with van der Waals surface area (Å²) in [7, 11) is 0. The highest BCUT2D eigenvalue weighted by molar-refractivity contribution is 5.69. The van der Waals surface area contributed by atoms with Crippen LogP contribution in [0.4, 0.5) is 0 Å². The van der Waals surface area contributed by atoms with E-state index in [0.29, 0.717) is 0 Å². The number of hydrogen-bond acceptors (Lipinski definition) is 3. The summed E-state index contributed by atoms with van der Waals surface area (Å²) in [6, 6.07) is 10.6. The summed E-state index contributed by atoms with van der Waals surface area (Å²) in [6.45, 7) is 2.02. The van der Waals surface area contributed by atoms with Gasteiger partial charge in [-0.3, -0.25) is 9.59 Å². The van der Waals surface area contributed by atoms with Gasteiger partial charge in [-0.05, 0) is 25.3 Å². The van der Waals surface area contributed by atoms with Gasteiger partial charge in [0, 0.05) is 18.9 Å². The molecule has 0 aliphatic rings. The van der Waals surface area contributed by atoms with Crippen LogP contribution >= 0.6 is 0 Å². The van der Waals surface area contributed by atoms with Crippen molar-refractivity contribution in [3.05, 3.63) is 35.9 Å². The Morgan fingerprint density at radius 3 is 1.95 bits per heavy atom. The Kier molecular flexibility index (Phi) is 9.08. The van der Waals surface area contributed by atoms with Crippen LogP contribution in [0.3, 0.4) is 0 Å². The molecule has 1 unspecified atom stereocenters. The average molecular weight is 267 g/mol. The third-order valence-corrected chi connectivity index (χ3v) is 2.18. The van der Waals surface area contributed by atoms with Crippen LogP contribution in [0, 0.1) is 0 Å². The predicted molar refractivity (Wildman–Crippen MR) is 72.9 cm³/mol. The molecule has 106 valence electrons. The van der Waals surface area contributed by atoms with E-state index in [0.717, 1.165) is 6.42 Å². The average Bonchev–Trinajstić information content (AvgIpc) is 2.29. The first-order valence-electron chi connectivity index (χ1n) is 6.15. The quantitative estimate of drug-likeness (QED) is 0.730. The molecular formula is C14H21NO4. The first-order valence-corrected chi connectivity index (χ1v) is 6.15. The molecule has 0 fully saturated rings. The van der Waals surface area contributed by atoms with Crippen LogP contribution in [0.15, 0.2) is 30.3 Å². The van der Waals surface area contributed by atoms with Crippen molar-refractivity contribution in [2.45, 2.75) is 38.6 Å². The lowest BCUT2D eigenvalue weighted by molar-refractivity contribution is -0.138. The number of hydrogen-bond donors (Lipinski definition) is 3. The minimum Gasteiger partial charge on any atom is -0.481 e. The van der Waals surface area contributed by atoms with E-state index < -0.39 is 11.9 Å². The zero-order valence-corrected chi connectivity index (χ0v) is 11.1. The van der Waals surface area contributed by atoms with E-state index in [1.54, 1.807) is 0 Å². The summed E-state index contributed by atoms with van der Waals surface area (Å²) in [5.74, 6) is -1.90. The first kappa shape index (κ1) is 17.1. The maximum atomic E-state index is 9.79. The van der Waals surface area contributed by atoms with E-state index in [1.165, 1.54) is 5.56 Å². The van der Waals surface area contributed by atoms with Crippen LogP contribution in [-0.4, -0.2) is 28.2 Å². The number of carboxylic acid groups (broad SMARTS) is 2. The fraction of sp³-hybridized carbons (Fsp3) is 0.429. The summed E-state index contributed by atoms with van der Waals surface area (Å²) < 4.78 is 0. The maximum absolute atomic E-state index is 9.79. The van der Waals surface area contributed by atoms with Crippen LogP contribution < -0.4 is 5.73 Å². The highest BCUT2D eigenvalue weighted by Crippen LogP contribution is 2.00. The molecule has 0 spiro atoms. The smallest absolute Gasteiger partial charge is 0.303 e. The maximum Gasteiger partial charge on any atom is 0.303 e. The van der Waals surface area contributed by atoms with E-state index in [9.17, 15) is 9.59 Å². The summed E-state index contributed by atoms with van der Waals surface area (Å²) in [5.41, 5.74) is 6.94. The number of nitrogens with two attached hydrogens (primary N) is 1. The zero-order chi connectivity index (χ0) is 14.7. The van der Waals surface area contributed by atoms with Crippen molar-refractivity contribution >= 4 is 11.9 Å². The summed E-state index contributed by atoms with van der Waals surface area (Å²) in [4.78, 5) is 19.6. The molecule has 0 amide bonds. The lowest BCUT2D eigenvalue weighted by Gasteiger charge is -2.02. The fourth-order valence-electron chi connectivity index (χ4n) is 1.38. The van der Waals surface area contributed by atoms with Crippen LogP contribution in [0.2, 0.25) is 0 Å². The van der Waals surface area contributed by atoms with Crippen LogP contribution in [-0.2, 0) is 16.0 Å². The van der Waals surface area contributed by atoms with E-state index >= 15 is 0 Å². The summed E-state index contributed by atoms with van der Waals surface area (Å²) in [5, 5.41) is 16.1. The minimum atomic E-state index is -0.948. The standard InChI is InChI=1S/C9H13N.C5H8O4/c1-8(10)7-9-5-3-2-4-6-9;6-4(7)2-1-3-5(8)9/h2-6,8H,7,10H2,1H3;1-3H2,(H,6,7)(H,8,9). The van der Waals surface area contributed by atoms with Gasteiger partial charge in [0.05, 0.1) is 0 Å². The molecule has 1 aromatic rings. The monoisotopic (exact) mass is 267 g/mol. The molecule has 0 saturated heterocycles. The van der Waals surface area contributed by atoms with Crippen LogP contribution in [0.25, 0.3) is 0 Å². The molecule has 0 radical (unpaired) electrons. The molecule has 0 aliphatic heterocycles. The van der Waals surface area contributed by atoms with Crippen molar-refractivity contribution in [1.82, 2.24) is 0 Å². The highest BCUT2D eigenvalue weighted by Gasteiger charge is 1.99. The number of carboxylic acids is 2. The molecule has 1 atom stereocenters. The highest BCUT2D eigenvalue weighted by atomic mass is 16.4. The number of carbonyl (C=O) groups is 2. The number of aliphatic carboxylic acids is 2. The second-order valence-corrected chi connectivity index (χ2v) is 4.31. The van der Waals surface area contributed by atoms with Gasteiger partial charge in [-0.2, -0.15) is 0 Å². The second kappa shape index (κ2) is 10.1. The molecule has 1 aromatic carbocycles. The fourth-order valence-corrected chi connectivity index (χ4v) is 1.38. The minimum absolute atomic E-state index is 0.0632. The van der Waals surface area contributed by atoms with Gasteiger partial charge >= 0.3 is 11.9 Å². The Morgan fingerprint density at radius 2 is 1.58 bits per heavy atom. The Labute approximate surface area is 113 Å². The second-order valence-electron chi connectivity index (χ2n) is 4.31. The third kappa shape index (κ3) is 12.4. The van der Waals surface area contributed by atoms with Crippen molar-refractivity contribution in [3.63, 3.8) is 0 Å². The molecule has 0 heterocycles. The van der Waals surface area contributed by atoms with Gasteiger partial charge in [0.15, 0.2) is 0 Å². The summed E-state index contributed by atoms with van der Waals surface area (Å²) >= 11 is 0. The van der Waals surface area contributed by atoms with Gasteiger partial charge in [-0.1, -0.05) is 30.3 Å². The first-order chi connectivity index (χ1) is 8.91. The molecule has 0 aliphatic carbocycles. The Hall–Kier alpha value is -1.88. The van der Waals surface area contributed by atoms with E-state index in [1.807, 2.05) is 25.1 Å². The largest absolute Gasteiger partial charge is 0.481 e. The predicted octanol–water partition coefficient (Wildman–Crippen LogP) is 1.90. The van der Waals surface area contributed by atoms with Crippen molar-refractivity contribution in [2.24, 2.45) is 5.73 Å². The molecule has 0 saturated carbocycles. The Morgan fingerprint density at radius 1 is 1.11 bits per heavy atom. The molecule has 0 bridgehead atoms. The zero-order valence-electron chi connectivity index (χ0n) is 11.1. The van der Waals surface area contributed by atoms with E-state index in [2.05, 4.69) is 12.1 Å². The van der Waals surface area contributed by atoms with E-state index in [4.69, 9.17) is 15.9 Å². The van der Waals surface area contributed by atoms with Gasteiger partial charge in [0.1, 0.15) is 0 Å². The van der Waals surface area contributed by atoms with Crippen molar-refractivity contribution in [2.75, 3.05) is 0 Å². The normalized spacial score (nSPS) is 11.1. The lowest BCUT2D eigenvalue weighted by atomic mass is 10.1. The molecule has 4 N–H and O–H groups in total. The van der Waals surface area contributed by atoms with Gasteiger partial charge in [-0.25, -0.2) is 0 Å². The van der Waals surface area contributed by atoms with Gasteiger partial charge in [0.2, 0.25) is 0 Å². The molecule has 5 heteroatoms. The van der Waals surface area contributed by atoms with E-state index in [-0.39, 0.29) is 25.3 Å². The number of benzene rings is 1. The van der Waals surface area contributed by atoms with Crippen molar-refractivity contribution < 1.29 is 19.8 Å². The molecule has 19 heavy (non-hydrogen) atoms. The van der Waals surface area contributed by atoms with Gasteiger partial charge in [-0.15, -0.1) is 0 Å². The van der Waals surface area contributed by atoms with Gasteiger partial charge in [0.25, 0.3) is 0 Å². The van der Waals surface area contributed by atoms with Crippen LogP contribution in [0.1, 0.15) is 31.7 Å². The Balaban J connectivity index is 0.000000344. The molecule has 5 nitrogen and oxygen atoms in total. The molecule has 1 rings (SSSR count). The molecular weight excluding hydrogens is 246 g/mol. The van der Waals surface area contributed by atoms with Crippen molar-refractivity contribution in [1.29, 1.82) is 0 Å². The summed E-state index contributed by atoms with van der Waals surface area (Å²) in [6.07, 6.45) is 1.06. The Bertz CT molecular complexity index is 362. The SMILES string of the molecule is CC(N)Cc1ccccc1.O=C(O)CCCC(=O)O. The van der Waals surface area contributed by atoms with Crippen molar-refractivity contribution in [3.8, 4) is 0 Å². The van der Waals surface area contributed by atoms with Gasteiger partial charge < -0.3 is 15.9 Å². The third-order valence-electron chi connectivity index (χ3n) is 2.18.